The molecule has 2 N–H and O–H groups in total. The molecular weight excluding hydrogens is 263 g/mol. The topological polar surface area (TPSA) is 75.4 Å². The minimum absolute atomic E-state index is 0.00228. The number of rotatable bonds is 4. The minimum atomic E-state index is -0.447. The van der Waals surface area contributed by atoms with Gasteiger partial charge in [-0.2, -0.15) is 0 Å². The molecule has 5 nitrogen and oxygen atoms in total. The molecule has 0 saturated carbocycles. The maximum atomic E-state index is 13.1. The molecule has 20 heavy (non-hydrogen) atoms. The molecule has 104 valence electrons. The summed E-state index contributed by atoms with van der Waals surface area (Å²) < 4.78 is 13.1. The number of phenols is 1. The van der Waals surface area contributed by atoms with E-state index in [9.17, 15) is 19.6 Å². The summed E-state index contributed by atoms with van der Waals surface area (Å²) in [6.07, 6.45) is 0. The van der Waals surface area contributed by atoms with Gasteiger partial charge in [0.15, 0.2) is 0 Å². The highest BCUT2D eigenvalue weighted by Gasteiger charge is 2.10. The van der Waals surface area contributed by atoms with Crippen molar-refractivity contribution in [2.45, 2.75) is 13.5 Å². The highest BCUT2D eigenvalue weighted by molar-refractivity contribution is 5.54. The first kappa shape index (κ1) is 13.8. The SMILES string of the molecule is Cc1cc(NCc2cc(F)ccc2O)ccc1[N+](=O)[O-]. The summed E-state index contributed by atoms with van der Waals surface area (Å²) in [6, 6.07) is 8.31. The van der Waals surface area contributed by atoms with Gasteiger partial charge in [-0.3, -0.25) is 10.1 Å². The maximum Gasteiger partial charge on any atom is 0.272 e. The van der Waals surface area contributed by atoms with E-state index < -0.39 is 10.7 Å². The predicted molar refractivity (Wildman–Crippen MR) is 73.2 cm³/mol. The molecule has 0 aliphatic heterocycles. The summed E-state index contributed by atoms with van der Waals surface area (Å²) in [5.41, 5.74) is 1.66. The Morgan fingerprint density at radius 1 is 1.30 bits per heavy atom. The van der Waals surface area contributed by atoms with E-state index >= 15 is 0 Å². The molecule has 0 saturated heterocycles. The van der Waals surface area contributed by atoms with Crippen molar-refractivity contribution in [1.82, 2.24) is 0 Å². The zero-order valence-corrected chi connectivity index (χ0v) is 10.8. The monoisotopic (exact) mass is 276 g/mol. The lowest BCUT2D eigenvalue weighted by molar-refractivity contribution is -0.385. The van der Waals surface area contributed by atoms with Crippen molar-refractivity contribution in [1.29, 1.82) is 0 Å². The Morgan fingerprint density at radius 3 is 2.70 bits per heavy atom. The lowest BCUT2D eigenvalue weighted by Gasteiger charge is -2.09. The van der Waals surface area contributed by atoms with E-state index in [0.717, 1.165) is 0 Å². The Kier molecular flexibility index (Phi) is 3.84. The number of benzene rings is 2. The summed E-state index contributed by atoms with van der Waals surface area (Å²) in [4.78, 5) is 10.3. The molecule has 0 bridgehead atoms. The average Bonchev–Trinajstić information content (AvgIpc) is 2.39. The van der Waals surface area contributed by atoms with E-state index in [2.05, 4.69) is 5.32 Å². The van der Waals surface area contributed by atoms with Gasteiger partial charge in [0.05, 0.1) is 4.92 Å². The maximum absolute atomic E-state index is 13.1. The van der Waals surface area contributed by atoms with Gasteiger partial charge in [0.2, 0.25) is 0 Å². The Hall–Kier alpha value is -2.63. The zero-order chi connectivity index (χ0) is 14.7. The Morgan fingerprint density at radius 2 is 2.05 bits per heavy atom. The van der Waals surface area contributed by atoms with Crippen molar-refractivity contribution < 1.29 is 14.4 Å². The fraction of sp³-hybridized carbons (Fsp3) is 0.143. The van der Waals surface area contributed by atoms with Crippen molar-refractivity contribution >= 4 is 11.4 Å². The van der Waals surface area contributed by atoms with E-state index in [-0.39, 0.29) is 18.0 Å². The van der Waals surface area contributed by atoms with Crippen LogP contribution in [0.3, 0.4) is 0 Å². The third-order valence-electron chi connectivity index (χ3n) is 2.92. The third-order valence-corrected chi connectivity index (χ3v) is 2.92. The fourth-order valence-corrected chi connectivity index (χ4v) is 1.86. The number of aromatic hydroxyl groups is 1. The number of hydrogen-bond donors (Lipinski definition) is 2. The minimum Gasteiger partial charge on any atom is -0.508 e. The van der Waals surface area contributed by atoms with Crippen LogP contribution in [0.4, 0.5) is 15.8 Å². The van der Waals surface area contributed by atoms with Crippen LogP contribution >= 0.6 is 0 Å². The van der Waals surface area contributed by atoms with Crippen molar-refractivity contribution in [2.75, 3.05) is 5.32 Å². The van der Waals surface area contributed by atoms with Gasteiger partial charge < -0.3 is 10.4 Å². The van der Waals surface area contributed by atoms with Gasteiger partial charge in [-0.05, 0) is 37.3 Å². The van der Waals surface area contributed by atoms with Gasteiger partial charge in [0.25, 0.3) is 5.69 Å². The molecular formula is C14H13FN2O3. The van der Waals surface area contributed by atoms with Crippen LogP contribution < -0.4 is 5.32 Å². The molecule has 2 rings (SSSR count). The Balaban J connectivity index is 2.13. The molecule has 0 amide bonds. The molecule has 0 heterocycles. The number of aryl methyl sites for hydroxylation is 1. The molecule has 2 aromatic carbocycles. The predicted octanol–water partition coefficient (Wildman–Crippen LogP) is 3.36. The van der Waals surface area contributed by atoms with Crippen LogP contribution in [0.1, 0.15) is 11.1 Å². The molecule has 0 spiro atoms. The second-order valence-corrected chi connectivity index (χ2v) is 4.38. The number of nitrogens with zero attached hydrogens (tertiary/aromatic N) is 1. The molecule has 0 fully saturated rings. The van der Waals surface area contributed by atoms with Gasteiger partial charge in [-0.1, -0.05) is 0 Å². The van der Waals surface area contributed by atoms with Crippen LogP contribution in [0.5, 0.6) is 5.75 Å². The molecule has 0 radical (unpaired) electrons. The van der Waals surface area contributed by atoms with Crippen molar-refractivity contribution in [3.05, 3.63) is 63.5 Å². The fourth-order valence-electron chi connectivity index (χ4n) is 1.86. The quantitative estimate of drug-likeness (QED) is 0.663. The molecule has 0 aliphatic carbocycles. The van der Waals surface area contributed by atoms with E-state index in [1.165, 1.54) is 24.3 Å². The van der Waals surface area contributed by atoms with E-state index in [0.29, 0.717) is 16.8 Å². The summed E-state index contributed by atoms with van der Waals surface area (Å²) >= 11 is 0. The third kappa shape index (κ3) is 3.03. The van der Waals surface area contributed by atoms with Gasteiger partial charge >= 0.3 is 0 Å². The van der Waals surface area contributed by atoms with E-state index in [4.69, 9.17) is 0 Å². The first-order valence-corrected chi connectivity index (χ1v) is 5.93. The van der Waals surface area contributed by atoms with E-state index in [1.807, 2.05) is 0 Å². The molecule has 0 atom stereocenters. The molecule has 2 aromatic rings. The van der Waals surface area contributed by atoms with Crippen LogP contribution in [0.25, 0.3) is 0 Å². The Bertz CT molecular complexity index is 659. The highest BCUT2D eigenvalue weighted by atomic mass is 19.1. The number of anilines is 1. The van der Waals surface area contributed by atoms with Crippen molar-refractivity contribution in [3.63, 3.8) is 0 Å². The second kappa shape index (κ2) is 5.56. The summed E-state index contributed by atoms with van der Waals surface area (Å²) in [7, 11) is 0. The van der Waals surface area contributed by atoms with Crippen LogP contribution in [0.15, 0.2) is 36.4 Å². The van der Waals surface area contributed by atoms with Crippen LogP contribution in [0.2, 0.25) is 0 Å². The van der Waals surface area contributed by atoms with Crippen LogP contribution in [-0.4, -0.2) is 10.0 Å². The van der Waals surface area contributed by atoms with Gasteiger partial charge in [-0.15, -0.1) is 0 Å². The highest BCUT2D eigenvalue weighted by Crippen LogP contribution is 2.23. The average molecular weight is 276 g/mol. The number of nitrogens with one attached hydrogen (secondary N) is 1. The lowest BCUT2D eigenvalue weighted by atomic mass is 10.1. The lowest BCUT2D eigenvalue weighted by Crippen LogP contribution is -2.01. The standard InChI is InChI=1S/C14H13FN2O3/c1-9-6-12(3-4-13(9)17(19)20)16-8-10-7-11(15)2-5-14(10)18/h2-7,16,18H,8H2,1H3. The number of halogens is 1. The number of nitro groups is 1. The summed E-state index contributed by atoms with van der Waals surface area (Å²) in [6.45, 7) is 1.86. The van der Waals surface area contributed by atoms with Crippen LogP contribution in [0, 0.1) is 22.9 Å². The Labute approximate surface area is 114 Å². The molecule has 0 aromatic heterocycles. The zero-order valence-electron chi connectivity index (χ0n) is 10.8. The van der Waals surface area contributed by atoms with Gasteiger partial charge in [-0.25, -0.2) is 4.39 Å². The first-order valence-electron chi connectivity index (χ1n) is 5.93. The van der Waals surface area contributed by atoms with Gasteiger partial charge in [0, 0.05) is 29.4 Å². The summed E-state index contributed by atoms with van der Waals surface area (Å²) in [5, 5.41) is 23.3. The van der Waals surface area contributed by atoms with Gasteiger partial charge in [0.1, 0.15) is 11.6 Å². The largest absolute Gasteiger partial charge is 0.508 e. The number of hydrogen-bond acceptors (Lipinski definition) is 4. The molecule has 6 heteroatoms. The normalized spacial score (nSPS) is 10.3. The summed E-state index contributed by atoms with van der Waals surface area (Å²) in [5.74, 6) is -0.433. The van der Waals surface area contributed by atoms with Crippen LogP contribution in [-0.2, 0) is 6.54 Å². The smallest absolute Gasteiger partial charge is 0.272 e. The number of phenolic OH excluding ortho intramolecular Hbond substituents is 1. The number of nitro benzene ring substituents is 1. The molecule has 0 unspecified atom stereocenters. The van der Waals surface area contributed by atoms with Crippen molar-refractivity contribution in [3.8, 4) is 5.75 Å². The van der Waals surface area contributed by atoms with E-state index in [1.54, 1.807) is 19.1 Å². The van der Waals surface area contributed by atoms with Crippen molar-refractivity contribution in [2.24, 2.45) is 0 Å². The first-order chi connectivity index (χ1) is 9.47. The molecule has 0 aliphatic rings. The second-order valence-electron chi connectivity index (χ2n) is 4.38.